The second-order valence-electron chi connectivity index (χ2n) is 5.68. The molecule has 0 bridgehead atoms. The first kappa shape index (κ1) is 18.4. The number of ether oxygens (including phenoxy) is 1. The van der Waals surface area contributed by atoms with Crippen LogP contribution in [0.2, 0.25) is 0 Å². The number of hydrogen-bond donors (Lipinski definition) is 1. The number of nitrogens with one attached hydrogen (secondary N) is 1. The van der Waals surface area contributed by atoms with Gasteiger partial charge in [0.25, 0.3) is 5.91 Å². The predicted octanol–water partition coefficient (Wildman–Crippen LogP) is 2.31. The van der Waals surface area contributed by atoms with Crippen molar-refractivity contribution in [2.75, 3.05) is 6.54 Å². The molecule has 0 aliphatic carbocycles. The summed E-state index contributed by atoms with van der Waals surface area (Å²) in [5, 5.41) is 2.70. The number of pyridine rings is 1. The van der Waals surface area contributed by atoms with E-state index in [0.29, 0.717) is 24.6 Å². The van der Waals surface area contributed by atoms with E-state index in [9.17, 15) is 9.59 Å². The van der Waals surface area contributed by atoms with Crippen LogP contribution in [0.15, 0.2) is 60.3 Å². The van der Waals surface area contributed by atoms with Crippen LogP contribution in [0.3, 0.4) is 0 Å². The van der Waals surface area contributed by atoms with E-state index in [2.05, 4.69) is 10.3 Å². The fraction of sp³-hybridized carbons (Fsp3) is 0.316. The second-order valence-corrected chi connectivity index (χ2v) is 5.68. The minimum atomic E-state index is -0.522. The van der Waals surface area contributed by atoms with Crippen molar-refractivity contribution in [1.82, 2.24) is 15.2 Å². The summed E-state index contributed by atoms with van der Waals surface area (Å²) in [7, 11) is 0. The largest absolute Gasteiger partial charge is 0.486 e. The van der Waals surface area contributed by atoms with Gasteiger partial charge in [-0.2, -0.15) is 0 Å². The van der Waals surface area contributed by atoms with Crippen molar-refractivity contribution in [2.24, 2.45) is 0 Å². The summed E-state index contributed by atoms with van der Waals surface area (Å²) in [5.74, 6) is 0.266. The number of aromatic nitrogens is 1. The Morgan fingerprint density at radius 1 is 1.44 bits per heavy atom. The molecule has 132 valence electrons. The zero-order valence-electron chi connectivity index (χ0n) is 14.7. The van der Waals surface area contributed by atoms with Gasteiger partial charge in [0.1, 0.15) is 18.1 Å². The summed E-state index contributed by atoms with van der Waals surface area (Å²) in [6, 6.07) is 5.12. The third-order valence-corrected chi connectivity index (χ3v) is 3.75. The maximum Gasteiger partial charge on any atom is 0.268 e. The van der Waals surface area contributed by atoms with Gasteiger partial charge in [-0.05, 0) is 39.0 Å². The van der Waals surface area contributed by atoms with Crippen LogP contribution in [0.1, 0.15) is 26.5 Å². The minimum Gasteiger partial charge on any atom is -0.486 e. The van der Waals surface area contributed by atoms with Crippen LogP contribution < -0.4 is 5.32 Å². The van der Waals surface area contributed by atoms with Gasteiger partial charge in [0, 0.05) is 18.9 Å². The molecule has 1 aliphatic heterocycles. The van der Waals surface area contributed by atoms with Gasteiger partial charge < -0.3 is 15.0 Å². The van der Waals surface area contributed by atoms with Gasteiger partial charge in [0.2, 0.25) is 0 Å². The van der Waals surface area contributed by atoms with E-state index >= 15 is 0 Å². The predicted molar refractivity (Wildman–Crippen MR) is 95.0 cm³/mol. The molecular weight excluding hydrogens is 318 g/mol. The summed E-state index contributed by atoms with van der Waals surface area (Å²) in [5.41, 5.74) is 1.30. The molecule has 6 nitrogen and oxygen atoms in total. The van der Waals surface area contributed by atoms with Crippen LogP contribution in [0.5, 0.6) is 0 Å². The number of Topliss-reactive ketones (excluding diaryl/α,β-unsaturated/α-hetero) is 1. The third kappa shape index (κ3) is 5.31. The maximum absolute atomic E-state index is 12.4. The molecule has 2 rings (SSSR count). The zero-order chi connectivity index (χ0) is 18.2. The number of ketones is 1. The molecule has 1 amide bonds. The van der Waals surface area contributed by atoms with Gasteiger partial charge in [0.05, 0.1) is 11.7 Å². The Balaban J connectivity index is 2.02. The van der Waals surface area contributed by atoms with Gasteiger partial charge in [-0.3, -0.25) is 14.6 Å². The molecule has 6 heteroatoms. The molecule has 0 fully saturated rings. The van der Waals surface area contributed by atoms with Crippen LogP contribution in [0.25, 0.3) is 0 Å². The van der Waals surface area contributed by atoms with Gasteiger partial charge in [-0.15, -0.1) is 0 Å². The monoisotopic (exact) mass is 341 g/mol. The molecule has 1 aromatic rings. The van der Waals surface area contributed by atoms with Crippen molar-refractivity contribution in [3.63, 3.8) is 0 Å². The number of carbonyl (C=O) groups excluding carboxylic acids is 2. The molecule has 0 saturated carbocycles. The van der Waals surface area contributed by atoms with Crippen molar-refractivity contribution in [2.45, 2.75) is 33.4 Å². The molecule has 0 aromatic carbocycles. The zero-order valence-corrected chi connectivity index (χ0v) is 14.7. The first-order chi connectivity index (χ1) is 12.0. The lowest BCUT2D eigenvalue weighted by molar-refractivity contribution is -0.125. The number of hydrogen-bond acceptors (Lipinski definition) is 5. The number of rotatable bonds is 7. The van der Waals surface area contributed by atoms with Gasteiger partial charge in [-0.1, -0.05) is 18.2 Å². The first-order valence-corrected chi connectivity index (χ1v) is 8.16. The Hall–Kier alpha value is -2.89. The number of allylic oxidation sites excluding steroid dienone is 2. The van der Waals surface area contributed by atoms with Gasteiger partial charge in [0.15, 0.2) is 5.78 Å². The van der Waals surface area contributed by atoms with E-state index in [-0.39, 0.29) is 11.7 Å². The minimum absolute atomic E-state index is 0.0859. The lowest BCUT2D eigenvalue weighted by Crippen LogP contribution is -2.41. The van der Waals surface area contributed by atoms with Gasteiger partial charge in [-0.25, -0.2) is 0 Å². The summed E-state index contributed by atoms with van der Waals surface area (Å²) in [4.78, 5) is 29.7. The highest BCUT2D eigenvalue weighted by atomic mass is 16.5. The molecule has 1 N–H and O–H groups in total. The first-order valence-electron chi connectivity index (χ1n) is 8.16. The Bertz CT molecular complexity index is 708. The molecule has 2 heterocycles. The second kappa shape index (κ2) is 8.82. The standard InChI is InChI=1S/C19H23N3O3/c1-4-18(19(24)21-14(2)15(3)23)22-11-7-9-17(12-22)25-13-16-8-5-6-10-20-16/h4-10,12,14H,11,13H2,1-3H3,(H,21,24)/b18-4+. The van der Waals surface area contributed by atoms with Crippen LogP contribution in [-0.4, -0.2) is 34.2 Å². The maximum atomic E-state index is 12.4. The van der Waals surface area contributed by atoms with E-state index < -0.39 is 6.04 Å². The van der Waals surface area contributed by atoms with Crippen molar-refractivity contribution in [1.29, 1.82) is 0 Å². The third-order valence-electron chi connectivity index (χ3n) is 3.75. The fourth-order valence-electron chi connectivity index (χ4n) is 2.23. The quantitative estimate of drug-likeness (QED) is 0.771. The van der Waals surface area contributed by atoms with E-state index in [1.807, 2.05) is 30.4 Å². The van der Waals surface area contributed by atoms with Crippen molar-refractivity contribution in [3.8, 4) is 0 Å². The summed E-state index contributed by atoms with van der Waals surface area (Å²) < 4.78 is 5.75. The molecule has 1 aliphatic rings. The van der Waals surface area contributed by atoms with Crippen LogP contribution in [0, 0.1) is 0 Å². The number of amides is 1. The van der Waals surface area contributed by atoms with Crippen molar-refractivity contribution in [3.05, 3.63) is 66.0 Å². The highest BCUT2D eigenvalue weighted by Gasteiger charge is 2.20. The lowest BCUT2D eigenvalue weighted by Gasteiger charge is -2.25. The highest BCUT2D eigenvalue weighted by Crippen LogP contribution is 2.16. The van der Waals surface area contributed by atoms with Crippen LogP contribution in [-0.2, 0) is 20.9 Å². The average Bonchev–Trinajstić information content (AvgIpc) is 2.61. The smallest absolute Gasteiger partial charge is 0.268 e. The fourth-order valence-corrected chi connectivity index (χ4v) is 2.23. The Kier molecular flexibility index (Phi) is 6.51. The molecule has 25 heavy (non-hydrogen) atoms. The molecular formula is C19H23N3O3. The van der Waals surface area contributed by atoms with Crippen molar-refractivity contribution >= 4 is 11.7 Å². The molecule has 1 atom stereocenters. The van der Waals surface area contributed by atoms with E-state index in [0.717, 1.165) is 5.69 Å². The summed E-state index contributed by atoms with van der Waals surface area (Å²) >= 11 is 0. The Labute approximate surface area is 147 Å². The SMILES string of the molecule is C/C=C(\C(=O)NC(C)C(C)=O)N1C=C(OCc2ccccn2)C=CC1. The average molecular weight is 341 g/mol. The highest BCUT2D eigenvalue weighted by molar-refractivity contribution is 5.96. The molecule has 0 radical (unpaired) electrons. The van der Waals surface area contributed by atoms with E-state index in [4.69, 9.17) is 4.74 Å². The molecule has 0 spiro atoms. The van der Waals surface area contributed by atoms with E-state index in [1.165, 1.54) is 6.92 Å². The normalized spacial score (nSPS) is 15.4. The van der Waals surface area contributed by atoms with Crippen molar-refractivity contribution < 1.29 is 14.3 Å². The van der Waals surface area contributed by atoms with Crippen LogP contribution >= 0.6 is 0 Å². The molecule has 1 aromatic heterocycles. The van der Waals surface area contributed by atoms with E-state index in [1.54, 1.807) is 37.2 Å². The summed E-state index contributed by atoms with van der Waals surface area (Å²) in [6.07, 6.45) is 8.99. The lowest BCUT2D eigenvalue weighted by atomic mass is 10.2. The number of carbonyl (C=O) groups is 2. The summed E-state index contributed by atoms with van der Waals surface area (Å²) in [6.45, 7) is 5.81. The molecule has 0 saturated heterocycles. The Morgan fingerprint density at radius 2 is 2.24 bits per heavy atom. The van der Waals surface area contributed by atoms with Gasteiger partial charge >= 0.3 is 0 Å². The number of nitrogens with zero attached hydrogens (tertiary/aromatic N) is 2. The Morgan fingerprint density at radius 3 is 2.88 bits per heavy atom. The molecule has 1 unspecified atom stereocenters. The van der Waals surface area contributed by atoms with Crippen LogP contribution in [0.4, 0.5) is 0 Å². The topological polar surface area (TPSA) is 71.5 Å².